The number of carbonyl (C=O) groups is 1. The zero-order valence-corrected chi connectivity index (χ0v) is 11.6. The minimum Gasteiger partial charge on any atom is -0.349 e. The number of rotatable bonds is 4. The Kier molecular flexibility index (Phi) is 4.28. The summed E-state index contributed by atoms with van der Waals surface area (Å²) in [7, 11) is 0. The molecule has 0 aliphatic heterocycles. The molecule has 2 nitrogen and oxygen atoms in total. The normalized spacial score (nSPS) is 17.7. The minimum atomic E-state index is -0.149. The highest BCUT2D eigenvalue weighted by molar-refractivity contribution is 6.18. The summed E-state index contributed by atoms with van der Waals surface area (Å²) >= 11 is 6.02. The van der Waals surface area contributed by atoms with Crippen LogP contribution in [0.25, 0.3) is 0 Å². The molecule has 1 saturated carbocycles. The van der Waals surface area contributed by atoms with E-state index < -0.39 is 0 Å². The smallest absolute Gasteiger partial charge is 0.224 e. The Morgan fingerprint density at radius 1 is 1.28 bits per heavy atom. The molecule has 1 fully saturated rings. The Morgan fingerprint density at radius 2 is 1.89 bits per heavy atom. The average molecular weight is 266 g/mol. The molecule has 0 saturated heterocycles. The van der Waals surface area contributed by atoms with Crippen LogP contribution in [-0.4, -0.2) is 17.3 Å². The van der Waals surface area contributed by atoms with Gasteiger partial charge in [0.1, 0.15) is 0 Å². The van der Waals surface area contributed by atoms with Gasteiger partial charge in [0.2, 0.25) is 5.91 Å². The number of nitrogens with one attached hydrogen (secondary N) is 1. The van der Waals surface area contributed by atoms with E-state index in [-0.39, 0.29) is 11.4 Å². The van der Waals surface area contributed by atoms with Crippen molar-refractivity contribution >= 4 is 17.5 Å². The molecule has 3 heteroatoms. The second-order valence-corrected chi connectivity index (χ2v) is 5.60. The molecule has 18 heavy (non-hydrogen) atoms. The molecule has 1 N–H and O–H groups in total. The molecule has 1 aromatic rings. The van der Waals surface area contributed by atoms with Gasteiger partial charge in [-0.2, -0.15) is 0 Å². The van der Waals surface area contributed by atoms with Gasteiger partial charge in [0.05, 0.1) is 12.0 Å². The van der Waals surface area contributed by atoms with Gasteiger partial charge < -0.3 is 5.32 Å². The maximum absolute atomic E-state index is 12.0. The second-order valence-electron chi connectivity index (χ2n) is 5.33. The van der Waals surface area contributed by atoms with Crippen molar-refractivity contribution in [3.8, 4) is 0 Å². The Morgan fingerprint density at radius 3 is 2.44 bits per heavy atom. The summed E-state index contributed by atoms with van der Waals surface area (Å²) < 4.78 is 0. The van der Waals surface area contributed by atoms with Crippen molar-refractivity contribution in [1.29, 1.82) is 0 Å². The Labute approximate surface area is 114 Å². The van der Waals surface area contributed by atoms with Crippen LogP contribution in [0.5, 0.6) is 0 Å². The molecule has 1 aliphatic rings. The standard InChI is InChI=1S/C15H20ClNO/c1-12-4-6-13(7-5-12)10-14(18)17-15(11-16)8-2-3-9-15/h4-7H,2-3,8-11H2,1H3,(H,17,18). The third-order valence-electron chi connectivity index (χ3n) is 3.71. The Balaban J connectivity index is 1.94. The van der Waals surface area contributed by atoms with Crippen LogP contribution in [0.1, 0.15) is 36.8 Å². The first-order chi connectivity index (χ1) is 8.63. The highest BCUT2D eigenvalue weighted by Gasteiger charge is 2.34. The number of halogens is 1. The van der Waals surface area contributed by atoms with Gasteiger partial charge in [-0.3, -0.25) is 4.79 Å². The second kappa shape index (κ2) is 5.75. The zero-order valence-electron chi connectivity index (χ0n) is 10.8. The molecule has 0 heterocycles. The SMILES string of the molecule is Cc1ccc(CC(=O)NC2(CCl)CCCC2)cc1. The number of hydrogen-bond donors (Lipinski definition) is 1. The van der Waals surface area contributed by atoms with E-state index in [1.165, 1.54) is 5.56 Å². The van der Waals surface area contributed by atoms with Crippen molar-refractivity contribution in [2.24, 2.45) is 0 Å². The fraction of sp³-hybridized carbons (Fsp3) is 0.533. The lowest BCUT2D eigenvalue weighted by molar-refractivity contribution is -0.122. The van der Waals surface area contributed by atoms with Gasteiger partial charge in [-0.15, -0.1) is 11.6 Å². The van der Waals surface area contributed by atoms with Crippen LogP contribution in [0.4, 0.5) is 0 Å². The maximum atomic E-state index is 12.0. The van der Waals surface area contributed by atoms with Crippen LogP contribution in [0.2, 0.25) is 0 Å². The molecular weight excluding hydrogens is 246 g/mol. The molecule has 0 bridgehead atoms. The summed E-state index contributed by atoms with van der Waals surface area (Å²) in [6.45, 7) is 2.05. The molecule has 0 aromatic heterocycles. The largest absolute Gasteiger partial charge is 0.349 e. The minimum absolute atomic E-state index is 0.0846. The first-order valence-electron chi connectivity index (χ1n) is 6.56. The Hall–Kier alpha value is -1.02. The molecule has 1 amide bonds. The van der Waals surface area contributed by atoms with Crippen molar-refractivity contribution in [2.75, 3.05) is 5.88 Å². The van der Waals surface area contributed by atoms with E-state index in [2.05, 4.69) is 5.32 Å². The van der Waals surface area contributed by atoms with Crippen molar-refractivity contribution in [3.63, 3.8) is 0 Å². The van der Waals surface area contributed by atoms with Crippen molar-refractivity contribution in [3.05, 3.63) is 35.4 Å². The van der Waals surface area contributed by atoms with Crippen LogP contribution >= 0.6 is 11.6 Å². The first-order valence-corrected chi connectivity index (χ1v) is 7.10. The van der Waals surface area contributed by atoms with Crippen molar-refractivity contribution < 1.29 is 4.79 Å². The van der Waals surface area contributed by atoms with Gasteiger partial charge >= 0.3 is 0 Å². The van der Waals surface area contributed by atoms with Crippen LogP contribution in [-0.2, 0) is 11.2 Å². The summed E-state index contributed by atoms with van der Waals surface area (Å²) in [4.78, 5) is 12.0. The van der Waals surface area contributed by atoms with Crippen molar-refractivity contribution in [2.45, 2.75) is 44.6 Å². The zero-order chi connectivity index (χ0) is 13.0. The number of aryl methyl sites for hydroxylation is 1. The van der Waals surface area contributed by atoms with Gasteiger partial charge in [-0.1, -0.05) is 42.7 Å². The average Bonchev–Trinajstić information content (AvgIpc) is 2.81. The number of benzene rings is 1. The third-order valence-corrected chi connectivity index (χ3v) is 4.22. The van der Waals surface area contributed by atoms with E-state index >= 15 is 0 Å². The predicted octanol–water partition coefficient (Wildman–Crippen LogP) is 3.21. The van der Waals surface area contributed by atoms with Gasteiger partial charge in [0, 0.05) is 5.88 Å². The molecule has 98 valence electrons. The Bertz CT molecular complexity index is 407. The lowest BCUT2D eigenvalue weighted by atomic mass is 9.99. The van der Waals surface area contributed by atoms with E-state index in [9.17, 15) is 4.79 Å². The molecule has 0 atom stereocenters. The number of hydrogen-bond acceptors (Lipinski definition) is 1. The molecule has 1 aromatic carbocycles. The summed E-state index contributed by atoms with van der Waals surface area (Å²) in [5.74, 6) is 0.605. The van der Waals surface area contributed by atoms with E-state index in [0.29, 0.717) is 12.3 Å². The van der Waals surface area contributed by atoms with Crippen LogP contribution in [0, 0.1) is 6.92 Å². The summed E-state index contributed by atoms with van der Waals surface area (Å²) in [6, 6.07) is 8.10. The first kappa shape index (κ1) is 13.4. The molecule has 1 aliphatic carbocycles. The predicted molar refractivity (Wildman–Crippen MR) is 74.9 cm³/mol. The molecular formula is C15H20ClNO. The van der Waals surface area contributed by atoms with Gasteiger partial charge in [0.15, 0.2) is 0 Å². The highest BCUT2D eigenvalue weighted by atomic mass is 35.5. The van der Waals surface area contributed by atoms with Crippen LogP contribution < -0.4 is 5.32 Å². The molecule has 0 spiro atoms. The molecule has 2 rings (SSSR count). The monoisotopic (exact) mass is 265 g/mol. The quantitative estimate of drug-likeness (QED) is 0.833. The van der Waals surface area contributed by atoms with E-state index in [1.807, 2.05) is 31.2 Å². The number of carbonyl (C=O) groups excluding carboxylic acids is 1. The van der Waals surface area contributed by atoms with E-state index in [0.717, 1.165) is 31.2 Å². The van der Waals surface area contributed by atoms with Gasteiger partial charge in [-0.05, 0) is 25.3 Å². The summed E-state index contributed by atoms with van der Waals surface area (Å²) in [5.41, 5.74) is 2.12. The van der Waals surface area contributed by atoms with E-state index in [4.69, 9.17) is 11.6 Å². The lowest BCUT2D eigenvalue weighted by Crippen LogP contribution is -2.48. The van der Waals surface area contributed by atoms with Gasteiger partial charge in [-0.25, -0.2) is 0 Å². The number of amides is 1. The lowest BCUT2D eigenvalue weighted by Gasteiger charge is -2.27. The van der Waals surface area contributed by atoms with E-state index in [1.54, 1.807) is 0 Å². The topological polar surface area (TPSA) is 29.1 Å². The summed E-state index contributed by atoms with van der Waals surface area (Å²) in [6.07, 6.45) is 4.79. The number of alkyl halides is 1. The molecule has 0 unspecified atom stereocenters. The van der Waals surface area contributed by atoms with Crippen molar-refractivity contribution in [1.82, 2.24) is 5.32 Å². The highest BCUT2D eigenvalue weighted by Crippen LogP contribution is 2.30. The van der Waals surface area contributed by atoms with Crippen LogP contribution in [0.3, 0.4) is 0 Å². The molecule has 0 radical (unpaired) electrons. The van der Waals surface area contributed by atoms with Crippen LogP contribution in [0.15, 0.2) is 24.3 Å². The van der Waals surface area contributed by atoms with Gasteiger partial charge in [0.25, 0.3) is 0 Å². The maximum Gasteiger partial charge on any atom is 0.224 e. The fourth-order valence-corrected chi connectivity index (χ4v) is 2.91. The fourth-order valence-electron chi connectivity index (χ4n) is 2.58. The third kappa shape index (κ3) is 3.26. The summed E-state index contributed by atoms with van der Waals surface area (Å²) in [5, 5.41) is 3.13.